The van der Waals surface area contributed by atoms with Crippen LogP contribution in [0.4, 0.5) is 5.69 Å². The summed E-state index contributed by atoms with van der Waals surface area (Å²) < 4.78 is 6.56. The second-order valence-electron chi connectivity index (χ2n) is 3.55. The highest BCUT2D eigenvalue weighted by Gasteiger charge is 2.20. The van der Waals surface area contributed by atoms with Crippen molar-refractivity contribution >= 4 is 56.1 Å². The van der Waals surface area contributed by atoms with E-state index in [1.54, 1.807) is 6.07 Å². The van der Waals surface area contributed by atoms with Crippen LogP contribution in [-0.2, 0) is 0 Å². The molecule has 7 heteroatoms. The zero-order chi connectivity index (χ0) is 14.0. The number of carboxylic acids is 1. The van der Waals surface area contributed by atoms with Gasteiger partial charge in [0.1, 0.15) is 5.56 Å². The average molecular weight is 436 g/mol. The second-order valence-corrected chi connectivity index (χ2v) is 5.62. The van der Waals surface area contributed by atoms with E-state index in [4.69, 9.17) is 9.52 Å². The molecule has 19 heavy (non-hydrogen) atoms. The van der Waals surface area contributed by atoms with E-state index in [1.807, 2.05) is 12.1 Å². The first-order chi connectivity index (χ1) is 8.99. The highest BCUT2D eigenvalue weighted by molar-refractivity contribution is 14.1. The number of aromatic carboxylic acids is 1. The fourth-order valence-electron chi connectivity index (χ4n) is 1.43. The number of furan rings is 1. The number of rotatable bonds is 3. The zero-order valence-corrected chi connectivity index (χ0v) is 13.1. The molecule has 98 valence electrons. The predicted octanol–water partition coefficient (Wildman–Crippen LogP) is 3.60. The van der Waals surface area contributed by atoms with Gasteiger partial charge in [-0.1, -0.05) is 15.9 Å². The van der Waals surface area contributed by atoms with Crippen LogP contribution in [0.1, 0.15) is 20.9 Å². The number of amides is 1. The third-order valence-corrected chi connectivity index (χ3v) is 3.71. The summed E-state index contributed by atoms with van der Waals surface area (Å²) in [6.07, 6.45) is 1.17. The van der Waals surface area contributed by atoms with Crippen LogP contribution >= 0.6 is 38.5 Å². The van der Waals surface area contributed by atoms with Gasteiger partial charge in [-0.15, -0.1) is 0 Å². The standard InChI is InChI=1S/C12H7BrINO4/c13-6-1-2-8(14)9(5-6)15-11(16)10-7(12(17)18)3-4-19-10/h1-5H,(H,15,16)(H,17,18). The van der Waals surface area contributed by atoms with E-state index in [1.165, 1.54) is 12.3 Å². The van der Waals surface area contributed by atoms with Crippen LogP contribution in [0.15, 0.2) is 39.4 Å². The summed E-state index contributed by atoms with van der Waals surface area (Å²) in [7, 11) is 0. The Morgan fingerprint density at radius 1 is 1.32 bits per heavy atom. The van der Waals surface area contributed by atoms with Crippen molar-refractivity contribution in [2.24, 2.45) is 0 Å². The van der Waals surface area contributed by atoms with E-state index < -0.39 is 11.9 Å². The molecular formula is C12H7BrINO4. The van der Waals surface area contributed by atoms with Gasteiger partial charge >= 0.3 is 5.97 Å². The number of carboxylic acid groups (broad SMARTS) is 1. The summed E-state index contributed by atoms with van der Waals surface area (Å²) >= 11 is 5.37. The van der Waals surface area contributed by atoms with E-state index in [0.717, 1.165) is 8.04 Å². The summed E-state index contributed by atoms with van der Waals surface area (Å²) in [5.41, 5.74) is 0.412. The summed E-state index contributed by atoms with van der Waals surface area (Å²) in [5.74, 6) is -2.02. The minimum atomic E-state index is -1.21. The Hall–Kier alpha value is -1.35. The van der Waals surface area contributed by atoms with Crippen LogP contribution in [0.5, 0.6) is 0 Å². The summed E-state index contributed by atoms with van der Waals surface area (Å²) in [6, 6.07) is 6.62. The molecule has 2 rings (SSSR count). The normalized spacial score (nSPS) is 10.2. The van der Waals surface area contributed by atoms with Crippen LogP contribution in [0.2, 0.25) is 0 Å². The van der Waals surface area contributed by atoms with Gasteiger partial charge in [-0.3, -0.25) is 4.79 Å². The molecule has 0 radical (unpaired) electrons. The van der Waals surface area contributed by atoms with Crippen molar-refractivity contribution in [1.82, 2.24) is 0 Å². The zero-order valence-electron chi connectivity index (χ0n) is 9.31. The Balaban J connectivity index is 2.28. The van der Waals surface area contributed by atoms with Gasteiger partial charge in [0.15, 0.2) is 0 Å². The fourth-order valence-corrected chi connectivity index (χ4v) is 2.26. The van der Waals surface area contributed by atoms with Crippen molar-refractivity contribution in [3.8, 4) is 0 Å². The van der Waals surface area contributed by atoms with Crippen LogP contribution in [0.3, 0.4) is 0 Å². The molecule has 1 aromatic heterocycles. The highest BCUT2D eigenvalue weighted by Crippen LogP contribution is 2.24. The maximum absolute atomic E-state index is 12.0. The lowest BCUT2D eigenvalue weighted by Crippen LogP contribution is -2.15. The van der Waals surface area contributed by atoms with Crippen molar-refractivity contribution in [3.63, 3.8) is 0 Å². The van der Waals surface area contributed by atoms with Crippen LogP contribution in [0, 0.1) is 3.57 Å². The molecule has 1 aromatic carbocycles. The van der Waals surface area contributed by atoms with Crippen LogP contribution < -0.4 is 5.32 Å². The smallest absolute Gasteiger partial charge is 0.339 e. The minimum absolute atomic E-state index is 0.164. The first kappa shape index (κ1) is 14.1. The molecule has 5 nitrogen and oxygen atoms in total. The largest absolute Gasteiger partial charge is 0.478 e. The number of carbonyl (C=O) groups is 2. The number of hydrogen-bond acceptors (Lipinski definition) is 3. The molecule has 0 spiro atoms. The third-order valence-electron chi connectivity index (χ3n) is 2.28. The molecule has 0 atom stereocenters. The lowest BCUT2D eigenvalue weighted by molar-refractivity contribution is 0.0690. The molecule has 0 saturated carbocycles. The number of carbonyl (C=O) groups excluding carboxylic acids is 1. The minimum Gasteiger partial charge on any atom is -0.478 e. The summed E-state index contributed by atoms with van der Waals surface area (Å²) in [6.45, 7) is 0. The van der Waals surface area contributed by atoms with Crippen molar-refractivity contribution in [1.29, 1.82) is 0 Å². The van der Waals surface area contributed by atoms with Gasteiger partial charge in [0, 0.05) is 8.04 Å². The number of anilines is 1. The van der Waals surface area contributed by atoms with Gasteiger partial charge in [0.2, 0.25) is 5.76 Å². The van der Waals surface area contributed by atoms with Crippen LogP contribution in [0.25, 0.3) is 0 Å². The van der Waals surface area contributed by atoms with Crippen molar-refractivity contribution in [2.75, 3.05) is 5.32 Å². The van der Waals surface area contributed by atoms with Crippen LogP contribution in [-0.4, -0.2) is 17.0 Å². The first-order valence-corrected chi connectivity index (χ1v) is 6.93. The predicted molar refractivity (Wildman–Crippen MR) is 80.5 cm³/mol. The van der Waals surface area contributed by atoms with Gasteiger partial charge in [-0.2, -0.15) is 0 Å². The quantitative estimate of drug-likeness (QED) is 0.722. The first-order valence-electron chi connectivity index (χ1n) is 5.06. The second kappa shape index (κ2) is 5.74. The molecule has 0 saturated heterocycles. The van der Waals surface area contributed by atoms with E-state index >= 15 is 0 Å². The Morgan fingerprint density at radius 3 is 2.74 bits per heavy atom. The summed E-state index contributed by atoms with van der Waals surface area (Å²) in [4.78, 5) is 22.9. The number of halogens is 2. The molecule has 1 heterocycles. The Kier molecular flexibility index (Phi) is 4.25. The lowest BCUT2D eigenvalue weighted by atomic mass is 10.2. The molecule has 0 bridgehead atoms. The lowest BCUT2D eigenvalue weighted by Gasteiger charge is -2.07. The van der Waals surface area contributed by atoms with Crippen molar-refractivity contribution in [3.05, 3.63) is 49.9 Å². The SMILES string of the molecule is O=C(O)c1ccoc1C(=O)Nc1cc(Br)ccc1I. The number of benzene rings is 1. The van der Waals surface area contributed by atoms with Gasteiger partial charge < -0.3 is 14.8 Å². The molecule has 2 aromatic rings. The number of hydrogen-bond donors (Lipinski definition) is 2. The summed E-state index contributed by atoms with van der Waals surface area (Å²) in [5, 5.41) is 11.5. The van der Waals surface area contributed by atoms with Crippen molar-refractivity contribution in [2.45, 2.75) is 0 Å². The molecule has 1 amide bonds. The maximum Gasteiger partial charge on any atom is 0.339 e. The molecule has 0 aliphatic carbocycles. The third kappa shape index (κ3) is 3.16. The van der Waals surface area contributed by atoms with Gasteiger partial charge in [-0.25, -0.2) is 4.79 Å². The molecule has 0 fully saturated rings. The van der Waals surface area contributed by atoms with E-state index in [0.29, 0.717) is 5.69 Å². The molecule has 0 unspecified atom stereocenters. The van der Waals surface area contributed by atoms with Gasteiger partial charge in [0.05, 0.1) is 12.0 Å². The molecule has 0 aliphatic heterocycles. The highest BCUT2D eigenvalue weighted by atomic mass is 127. The van der Waals surface area contributed by atoms with E-state index in [2.05, 4.69) is 43.8 Å². The molecular weight excluding hydrogens is 429 g/mol. The maximum atomic E-state index is 12.0. The van der Waals surface area contributed by atoms with Crippen molar-refractivity contribution < 1.29 is 19.1 Å². The molecule has 0 aliphatic rings. The number of nitrogens with one attached hydrogen (secondary N) is 1. The fraction of sp³-hybridized carbons (Fsp3) is 0. The Morgan fingerprint density at radius 2 is 2.05 bits per heavy atom. The Labute approximate surface area is 130 Å². The van der Waals surface area contributed by atoms with Gasteiger partial charge in [0.25, 0.3) is 5.91 Å². The van der Waals surface area contributed by atoms with E-state index in [9.17, 15) is 9.59 Å². The van der Waals surface area contributed by atoms with E-state index in [-0.39, 0.29) is 11.3 Å². The van der Waals surface area contributed by atoms with Gasteiger partial charge in [-0.05, 0) is 46.9 Å². The Bertz CT molecular complexity index is 653. The molecule has 2 N–H and O–H groups in total. The topological polar surface area (TPSA) is 79.5 Å². The monoisotopic (exact) mass is 435 g/mol. The average Bonchev–Trinajstić information content (AvgIpc) is 2.83.